The van der Waals surface area contributed by atoms with Gasteiger partial charge in [-0.25, -0.2) is 9.40 Å². The fourth-order valence-corrected chi connectivity index (χ4v) is 4.08. The van der Waals surface area contributed by atoms with Crippen molar-refractivity contribution in [2.24, 2.45) is 5.10 Å². The molecule has 1 aliphatic rings. The zero-order chi connectivity index (χ0) is 24.4. The van der Waals surface area contributed by atoms with Crippen molar-refractivity contribution in [3.8, 4) is 17.2 Å². The van der Waals surface area contributed by atoms with Crippen LogP contribution in [0.15, 0.2) is 86.8 Å². The van der Waals surface area contributed by atoms with Crippen LogP contribution in [0.25, 0.3) is 11.5 Å². The van der Waals surface area contributed by atoms with Crippen molar-refractivity contribution in [2.75, 3.05) is 6.61 Å². The fourth-order valence-electron chi connectivity index (χ4n) is 3.82. The molecule has 0 bridgehead atoms. The second-order valence-corrected chi connectivity index (χ2v) is 8.92. The van der Waals surface area contributed by atoms with Crippen LogP contribution in [0.2, 0.25) is 0 Å². The van der Waals surface area contributed by atoms with Crippen LogP contribution in [0, 0.1) is 12.7 Å². The monoisotopic (exact) mass is 534 g/mol. The van der Waals surface area contributed by atoms with Crippen LogP contribution in [0.5, 0.6) is 5.75 Å². The molecule has 35 heavy (non-hydrogen) atoms. The molecule has 0 N–H and O–H groups in total. The first kappa shape index (κ1) is 22.9. The average molecular weight is 535 g/mol. The quantitative estimate of drug-likeness (QED) is 0.316. The van der Waals surface area contributed by atoms with Gasteiger partial charge in [0.2, 0.25) is 11.8 Å². The number of hydrogen-bond acceptors (Lipinski definition) is 6. The topological polar surface area (TPSA) is 80.8 Å². The summed E-state index contributed by atoms with van der Waals surface area (Å²) in [5.74, 6) is 0.784. The van der Waals surface area contributed by atoms with Gasteiger partial charge >= 0.3 is 0 Å². The number of hydrazone groups is 1. The van der Waals surface area contributed by atoms with Crippen LogP contribution in [0.3, 0.4) is 0 Å². The van der Waals surface area contributed by atoms with E-state index in [1.165, 1.54) is 17.1 Å². The van der Waals surface area contributed by atoms with Gasteiger partial charge in [0.1, 0.15) is 11.6 Å². The molecule has 5 rings (SSSR count). The molecule has 2 heterocycles. The van der Waals surface area contributed by atoms with E-state index >= 15 is 0 Å². The number of carbonyl (C=O) groups excluding carboxylic acids is 1. The second kappa shape index (κ2) is 9.79. The average Bonchev–Trinajstić information content (AvgIpc) is 3.51. The minimum atomic E-state index is -0.353. The highest BCUT2D eigenvalue weighted by atomic mass is 79.9. The number of hydrogen-bond donors (Lipinski definition) is 0. The van der Waals surface area contributed by atoms with Crippen LogP contribution >= 0.6 is 15.9 Å². The lowest BCUT2D eigenvalue weighted by atomic mass is 9.98. The molecule has 9 heteroatoms. The van der Waals surface area contributed by atoms with Gasteiger partial charge in [0.05, 0.1) is 11.8 Å². The normalized spacial score (nSPS) is 15.2. The fraction of sp³-hybridized carbons (Fsp3) is 0.154. The van der Waals surface area contributed by atoms with Crippen molar-refractivity contribution in [3.63, 3.8) is 0 Å². The number of benzene rings is 3. The first-order chi connectivity index (χ1) is 17.0. The molecule has 1 atom stereocenters. The first-order valence-corrected chi connectivity index (χ1v) is 11.7. The molecule has 1 amide bonds. The predicted octanol–water partition coefficient (Wildman–Crippen LogP) is 5.70. The summed E-state index contributed by atoms with van der Waals surface area (Å²) >= 11 is 3.44. The molecule has 0 saturated carbocycles. The molecule has 1 aliphatic heterocycles. The molecular weight excluding hydrogens is 515 g/mol. The highest BCUT2D eigenvalue weighted by Crippen LogP contribution is 2.33. The predicted molar refractivity (Wildman–Crippen MR) is 131 cm³/mol. The highest BCUT2D eigenvalue weighted by molar-refractivity contribution is 9.10. The molecule has 0 fully saturated rings. The number of carbonyl (C=O) groups is 1. The smallest absolute Gasteiger partial charge is 0.281 e. The SMILES string of the molecule is Cc1nnc(-c2ccc(OCC(=O)N3N=C(c4ccc(Br)cc4)CC3c3ccc(F)cc3)cc2)o1. The van der Waals surface area contributed by atoms with Gasteiger partial charge < -0.3 is 9.15 Å². The van der Waals surface area contributed by atoms with E-state index in [0.717, 1.165) is 26.9 Å². The number of halogens is 2. The van der Waals surface area contributed by atoms with E-state index in [1.54, 1.807) is 43.3 Å². The van der Waals surface area contributed by atoms with Gasteiger partial charge in [-0.1, -0.05) is 40.2 Å². The first-order valence-electron chi connectivity index (χ1n) is 10.9. The van der Waals surface area contributed by atoms with E-state index < -0.39 is 0 Å². The van der Waals surface area contributed by atoms with Gasteiger partial charge in [0.25, 0.3) is 5.91 Å². The highest BCUT2D eigenvalue weighted by Gasteiger charge is 2.33. The molecule has 0 aliphatic carbocycles. The summed E-state index contributed by atoms with van der Waals surface area (Å²) in [6.45, 7) is 1.52. The Morgan fingerprint density at radius 1 is 1.03 bits per heavy atom. The van der Waals surface area contributed by atoms with Crippen molar-refractivity contribution >= 4 is 27.5 Å². The van der Waals surface area contributed by atoms with Crippen LogP contribution in [0.1, 0.15) is 29.5 Å². The van der Waals surface area contributed by atoms with Gasteiger partial charge in [-0.15, -0.1) is 10.2 Å². The lowest BCUT2D eigenvalue weighted by Gasteiger charge is -2.22. The number of nitrogens with zero attached hydrogens (tertiary/aromatic N) is 4. The Morgan fingerprint density at radius 3 is 2.37 bits per heavy atom. The minimum Gasteiger partial charge on any atom is -0.484 e. The van der Waals surface area contributed by atoms with Crippen LogP contribution in [0.4, 0.5) is 4.39 Å². The summed E-state index contributed by atoms with van der Waals surface area (Å²) < 4.78 is 25.6. The minimum absolute atomic E-state index is 0.201. The largest absolute Gasteiger partial charge is 0.484 e. The summed E-state index contributed by atoms with van der Waals surface area (Å²) in [5.41, 5.74) is 3.25. The molecule has 0 spiro atoms. The zero-order valence-corrected chi connectivity index (χ0v) is 20.3. The van der Waals surface area contributed by atoms with Crippen LogP contribution in [-0.4, -0.2) is 33.4 Å². The van der Waals surface area contributed by atoms with Crippen molar-refractivity contribution < 1.29 is 18.3 Å². The summed E-state index contributed by atoms with van der Waals surface area (Å²) in [4.78, 5) is 13.2. The summed E-state index contributed by atoms with van der Waals surface area (Å²) in [6, 6.07) is 20.6. The summed E-state index contributed by atoms with van der Waals surface area (Å²) in [7, 11) is 0. The molecule has 7 nitrogen and oxygen atoms in total. The number of rotatable bonds is 6. The second-order valence-electron chi connectivity index (χ2n) is 8.00. The van der Waals surface area contributed by atoms with E-state index in [4.69, 9.17) is 9.15 Å². The maximum absolute atomic E-state index is 13.5. The van der Waals surface area contributed by atoms with E-state index in [2.05, 4.69) is 31.2 Å². The molecular formula is C26H20BrFN4O3. The molecule has 1 unspecified atom stereocenters. The van der Waals surface area contributed by atoms with Gasteiger partial charge in [-0.05, 0) is 59.7 Å². The molecule has 4 aromatic rings. The van der Waals surface area contributed by atoms with Crippen molar-refractivity contribution in [2.45, 2.75) is 19.4 Å². The third kappa shape index (κ3) is 5.14. The summed E-state index contributed by atoms with van der Waals surface area (Å²) in [6.07, 6.45) is 0.511. The Balaban J connectivity index is 1.33. The number of aromatic nitrogens is 2. The Kier molecular flexibility index (Phi) is 6.41. The van der Waals surface area contributed by atoms with Gasteiger partial charge in [-0.3, -0.25) is 4.79 Å². The molecule has 3 aromatic carbocycles. The standard InChI is InChI=1S/C26H20BrFN4O3/c1-16-29-30-26(35-16)19-6-12-22(13-7-19)34-15-25(33)32-24(18-4-10-21(28)11-5-18)14-23(31-32)17-2-8-20(27)9-3-17/h2-13,24H,14-15H2,1H3. The van der Waals surface area contributed by atoms with E-state index in [1.807, 2.05) is 24.3 Å². The Morgan fingerprint density at radius 2 is 1.71 bits per heavy atom. The third-order valence-electron chi connectivity index (χ3n) is 5.59. The Labute approximate surface area is 209 Å². The lowest BCUT2D eigenvalue weighted by Crippen LogP contribution is -2.31. The Bertz CT molecular complexity index is 1370. The zero-order valence-electron chi connectivity index (χ0n) is 18.7. The van der Waals surface area contributed by atoms with Crippen molar-refractivity contribution in [1.82, 2.24) is 15.2 Å². The molecule has 0 saturated heterocycles. The van der Waals surface area contributed by atoms with E-state index in [0.29, 0.717) is 24.0 Å². The van der Waals surface area contributed by atoms with Crippen molar-refractivity contribution in [3.05, 3.63) is 100 Å². The van der Waals surface area contributed by atoms with E-state index in [-0.39, 0.29) is 24.4 Å². The maximum atomic E-state index is 13.5. The van der Waals surface area contributed by atoms with Gasteiger partial charge in [0, 0.05) is 23.4 Å². The molecule has 0 radical (unpaired) electrons. The van der Waals surface area contributed by atoms with Crippen LogP contribution in [-0.2, 0) is 4.79 Å². The lowest BCUT2D eigenvalue weighted by molar-refractivity contribution is -0.135. The van der Waals surface area contributed by atoms with Gasteiger partial charge in [-0.2, -0.15) is 5.10 Å². The maximum Gasteiger partial charge on any atom is 0.281 e. The summed E-state index contributed by atoms with van der Waals surface area (Å²) in [5, 5.41) is 13.9. The van der Waals surface area contributed by atoms with Crippen molar-refractivity contribution in [1.29, 1.82) is 0 Å². The number of ether oxygens (including phenoxy) is 1. The van der Waals surface area contributed by atoms with Gasteiger partial charge in [0.15, 0.2) is 6.61 Å². The Hall–Kier alpha value is -3.85. The molecule has 1 aromatic heterocycles. The number of aryl methyl sites for hydroxylation is 1. The third-order valence-corrected chi connectivity index (χ3v) is 6.12. The van der Waals surface area contributed by atoms with Crippen LogP contribution < -0.4 is 4.74 Å². The molecule has 176 valence electrons. The van der Waals surface area contributed by atoms with E-state index in [9.17, 15) is 9.18 Å². The number of amides is 1.